The molecule has 1 aromatic carbocycles. The molecule has 0 aliphatic rings. The predicted octanol–water partition coefficient (Wildman–Crippen LogP) is 2.83. The quantitative estimate of drug-likeness (QED) is 0.759. The van der Waals surface area contributed by atoms with Crippen molar-refractivity contribution in [1.29, 1.82) is 0 Å². The van der Waals surface area contributed by atoms with Crippen LogP contribution >= 0.6 is 23.2 Å². The van der Waals surface area contributed by atoms with Gasteiger partial charge in [0.1, 0.15) is 0 Å². The summed E-state index contributed by atoms with van der Waals surface area (Å²) in [6.45, 7) is 0.246. The van der Waals surface area contributed by atoms with Crippen LogP contribution in [-0.2, 0) is 17.8 Å². The SMILES string of the molecule is CN(Cc1ncc(Cl)cc1Cl)C(=O)Cc1n[nH]c(=O)c2ccccc12. The highest BCUT2D eigenvalue weighted by Crippen LogP contribution is 2.20. The molecule has 3 rings (SSSR count). The van der Waals surface area contributed by atoms with Gasteiger partial charge in [-0.25, -0.2) is 5.10 Å². The molecule has 0 spiro atoms. The lowest BCUT2D eigenvalue weighted by Crippen LogP contribution is -2.29. The first-order valence-corrected chi connectivity index (χ1v) is 8.21. The van der Waals surface area contributed by atoms with Crippen LogP contribution in [0.2, 0.25) is 10.0 Å². The molecule has 0 radical (unpaired) electrons. The number of amides is 1. The Labute approximate surface area is 153 Å². The van der Waals surface area contributed by atoms with Crippen molar-refractivity contribution in [1.82, 2.24) is 20.1 Å². The lowest BCUT2D eigenvalue weighted by atomic mass is 10.1. The Kier molecular flexibility index (Phi) is 5.01. The van der Waals surface area contributed by atoms with Crippen molar-refractivity contribution in [3.8, 4) is 0 Å². The number of halogens is 2. The Balaban J connectivity index is 1.80. The number of hydrogen-bond acceptors (Lipinski definition) is 4. The topological polar surface area (TPSA) is 79.0 Å². The average molecular weight is 377 g/mol. The number of rotatable bonds is 4. The number of aromatic amines is 1. The minimum Gasteiger partial charge on any atom is -0.339 e. The van der Waals surface area contributed by atoms with E-state index in [0.717, 1.165) is 0 Å². The fraction of sp³-hybridized carbons (Fsp3) is 0.176. The van der Waals surface area contributed by atoms with Gasteiger partial charge < -0.3 is 4.90 Å². The monoisotopic (exact) mass is 376 g/mol. The second kappa shape index (κ2) is 7.21. The number of fused-ring (bicyclic) bond motifs is 1. The third-order valence-electron chi connectivity index (χ3n) is 3.79. The molecule has 0 aliphatic carbocycles. The highest BCUT2D eigenvalue weighted by molar-refractivity contribution is 6.34. The first-order chi connectivity index (χ1) is 12.0. The summed E-state index contributed by atoms with van der Waals surface area (Å²) >= 11 is 11.9. The van der Waals surface area contributed by atoms with E-state index in [9.17, 15) is 9.59 Å². The molecular weight excluding hydrogens is 363 g/mol. The molecule has 0 aliphatic heterocycles. The molecule has 3 aromatic rings. The van der Waals surface area contributed by atoms with E-state index in [-0.39, 0.29) is 24.4 Å². The van der Waals surface area contributed by atoms with Crippen LogP contribution in [0.15, 0.2) is 41.3 Å². The van der Waals surface area contributed by atoms with Crippen LogP contribution in [-0.4, -0.2) is 33.0 Å². The Hall–Kier alpha value is -2.44. The number of carbonyl (C=O) groups is 1. The second-order valence-electron chi connectivity index (χ2n) is 5.55. The van der Waals surface area contributed by atoms with Gasteiger partial charge in [0.25, 0.3) is 5.56 Å². The molecule has 2 heterocycles. The van der Waals surface area contributed by atoms with E-state index in [4.69, 9.17) is 23.2 Å². The van der Waals surface area contributed by atoms with Gasteiger partial charge in [-0.15, -0.1) is 0 Å². The summed E-state index contributed by atoms with van der Waals surface area (Å²) < 4.78 is 0. The van der Waals surface area contributed by atoms with Gasteiger partial charge in [0, 0.05) is 18.6 Å². The minimum atomic E-state index is -0.280. The number of pyridine rings is 1. The molecule has 0 unspecified atom stereocenters. The van der Waals surface area contributed by atoms with Crippen LogP contribution in [0.3, 0.4) is 0 Å². The smallest absolute Gasteiger partial charge is 0.272 e. The van der Waals surface area contributed by atoms with Gasteiger partial charge in [0.05, 0.1) is 39.8 Å². The van der Waals surface area contributed by atoms with Crippen LogP contribution in [0.1, 0.15) is 11.4 Å². The molecule has 0 bridgehead atoms. The Morgan fingerprint density at radius 2 is 1.92 bits per heavy atom. The minimum absolute atomic E-state index is 0.0546. The average Bonchev–Trinajstić information content (AvgIpc) is 2.60. The summed E-state index contributed by atoms with van der Waals surface area (Å²) in [6.07, 6.45) is 1.54. The van der Waals surface area contributed by atoms with Crippen molar-refractivity contribution in [3.05, 3.63) is 68.3 Å². The van der Waals surface area contributed by atoms with E-state index in [1.165, 1.54) is 11.1 Å². The number of nitrogens with zero attached hydrogens (tertiary/aromatic N) is 3. The largest absolute Gasteiger partial charge is 0.339 e. The van der Waals surface area contributed by atoms with Gasteiger partial charge in [0.2, 0.25) is 5.91 Å². The van der Waals surface area contributed by atoms with Crippen molar-refractivity contribution < 1.29 is 4.79 Å². The maximum absolute atomic E-state index is 12.5. The molecule has 1 amide bonds. The fourth-order valence-electron chi connectivity index (χ4n) is 2.46. The third kappa shape index (κ3) is 3.81. The normalized spacial score (nSPS) is 10.8. The van der Waals surface area contributed by atoms with Gasteiger partial charge >= 0.3 is 0 Å². The summed E-state index contributed by atoms with van der Waals surface area (Å²) in [5.74, 6) is -0.169. The van der Waals surface area contributed by atoms with E-state index in [1.54, 1.807) is 37.4 Å². The number of nitrogens with one attached hydrogen (secondary N) is 1. The van der Waals surface area contributed by atoms with E-state index < -0.39 is 0 Å². The fourth-order valence-corrected chi connectivity index (χ4v) is 2.90. The zero-order chi connectivity index (χ0) is 18.0. The number of benzene rings is 1. The number of carbonyl (C=O) groups excluding carboxylic acids is 1. The Morgan fingerprint density at radius 3 is 2.64 bits per heavy atom. The highest BCUT2D eigenvalue weighted by atomic mass is 35.5. The van der Waals surface area contributed by atoms with Gasteiger partial charge in [-0.1, -0.05) is 41.4 Å². The summed E-state index contributed by atoms with van der Waals surface area (Å²) in [6, 6.07) is 8.63. The first-order valence-electron chi connectivity index (χ1n) is 7.46. The molecule has 1 N–H and O–H groups in total. The molecule has 0 saturated heterocycles. The summed E-state index contributed by atoms with van der Waals surface area (Å²) in [5, 5.41) is 8.46. The lowest BCUT2D eigenvalue weighted by molar-refractivity contribution is -0.129. The molecule has 2 aromatic heterocycles. The number of hydrogen-bond donors (Lipinski definition) is 1. The van der Waals surface area contributed by atoms with Gasteiger partial charge in [-0.3, -0.25) is 14.6 Å². The summed E-state index contributed by atoms with van der Waals surface area (Å²) in [4.78, 5) is 30.0. The van der Waals surface area contributed by atoms with Crippen LogP contribution < -0.4 is 5.56 Å². The van der Waals surface area contributed by atoms with E-state index >= 15 is 0 Å². The second-order valence-corrected chi connectivity index (χ2v) is 6.40. The van der Waals surface area contributed by atoms with Crippen molar-refractivity contribution in [2.24, 2.45) is 0 Å². The molecule has 0 atom stereocenters. The molecule has 0 saturated carbocycles. The maximum Gasteiger partial charge on any atom is 0.272 e. The van der Waals surface area contributed by atoms with Crippen LogP contribution in [0.5, 0.6) is 0 Å². The van der Waals surface area contributed by atoms with Crippen LogP contribution in [0.25, 0.3) is 10.8 Å². The summed E-state index contributed by atoms with van der Waals surface area (Å²) in [5.41, 5.74) is 0.792. The van der Waals surface area contributed by atoms with Gasteiger partial charge in [-0.05, 0) is 12.1 Å². The van der Waals surface area contributed by atoms with Crippen molar-refractivity contribution in [2.75, 3.05) is 7.05 Å². The number of H-pyrrole nitrogens is 1. The van der Waals surface area contributed by atoms with Gasteiger partial charge in [-0.2, -0.15) is 5.10 Å². The molecular formula is C17H14Cl2N4O2. The Morgan fingerprint density at radius 1 is 1.20 bits per heavy atom. The zero-order valence-electron chi connectivity index (χ0n) is 13.3. The predicted molar refractivity (Wildman–Crippen MR) is 96.8 cm³/mol. The van der Waals surface area contributed by atoms with E-state index in [2.05, 4.69) is 15.2 Å². The van der Waals surface area contributed by atoms with Crippen LogP contribution in [0, 0.1) is 0 Å². The van der Waals surface area contributed by atoms with E-state index in [0.29, 0.717) is 32.2 Å². The van der Waals surface area contributed by atoms with Gasteiger partial charge in [0.15, 0.2) is 0 Å². The molecule has 0 fully saturated rings. The molecule has 6 nitrogen and oxygen atoms in total. The molecule has 8 heteroatoms. The first kappa shape index (κ1) is 17.4. The van der Waals surface area contributed by atoms with Crippen molar-refractivity contribution in [2.45, 2.75) is 13.0 Å². The standard InChI is InChI=1S/C17H14Cl2N4O2/c1-23(9-15-13(19)6-10(18)8-20-15)16(24)7-14-11-4-2-3-5-12(11)17(25)22-21-14/h2-6,8H,7,9H2,1H3,(H,22,25). The maximum atomic E-state index is 12.5. The lowest BCUT2D eigenvalue weighted by Gasteiger charge is -2.17. The zero-order valence-corrected chi connectivity index (χ0v) is 14.8. The van der Waals surface area contributed by atoms with Crippen LogP contribution in [0.4, 0.5) is 0 Å². The van der Waals surface area contributed by atoms with Crippen molar-refractivity contribution in [3.63, 3.8) is 0 Å². The van der Waals surface area contributed by atoms with Crippen molar-refractivity contribution >= 4 is 39.9 Å². The number of aromatic nitrogens is 3. The van der Waals surface area contributed by atoms with E-state index in [1.807, 2.05) is 0 Å². The highest BCUT2D eigenvalue weighted by Gasteiger charge is 2.16. The number of likely N-dealkylation sites (N-methyl/N-ethyl adjacent to an activating group) is 1. The third-order valence-corrected chi connectivity index (χ3v) is 4.32. The Bertz CT molecular complexity index is 1000. The molecule has 128 valence electrons. The molecule has 25 heavy (non-hydrogen) atoms. The summed E-state index contributed by atoms with van der Waals surface area (Å²) in [7, 11) is 1.66.